The molecule has 2 rings (SSSR count). The van der Waals surface area contributed by atoms with Crippen LogP contribution in [0.5, 0.6) is 0 Å². The van der Waals surface area contributed by atoms with Crippen molar-refractivity contribution in [1.82, 2.24) is 9.38 Å². The molecule has 0 spiro atoms. The summed E-state index contributed by atoms with van der Waals surface area (Å²) in [6, 6.07) is 1.83. The fraction of sp³-hybridized carbons (Fsp3) is 0.222. The first-order chi connectivity index (χ1) is 6.22. The Morgan fingerprint density at radius 1 is 1.62 bits per heavy atom. The molecule has 0 bridgehead atoms. The van der Waals surface area contributed by atoms with Crippen LogP contribution < -0.4 is 5.73 Å². The fourth-order valence-corrected chi connectivity index (χ4v) is 1.60. The van der Waals surface area contributed by atoms with Crippen LogP contribution in [0.3, 0.4) is 0 Å². The minimum atomic E-state index is 0.640. The van der Waals surface area contributed by atoms with Crippen molar-refractivity contribution in [3.63, 3.8) is 0 Å². The summed E-state index contributed by atoms with van der Waals surface area (Å²) in [5.74, 6) is 0.640. The van der Waals surface area contributed by atoms with Gasteiger partial charge in [0.25, 0.3) is 0 Å². The highest BCUT2D eigenvalue weighted by Crippen LogP contribution is 2.20. The van der Waals surface area contributed by atoms with Gasteiger partial charge in [-0.15, -0.1) is 0 Å². The molecule has 0 aliphatic heterocycles. The van der Waals surface area contributed by atoms with Crippen LogP contribution in [0.25, 0.3) is 5.65 Å². The number of aryl methyl sites for hydroxylation is 1. The molecule has 13 heavy (non-hydrogen) atoms. The summed E-state index contributed by atoms with van der Waals surface area (Å²) in [4.78, 5) is 4.11. The smallest absolute Gasteiger partial charge is 0.139 e. The Labute approximate surface area is 81.1 Å². The number of anilines is 1. The molecule has 0 saturated carbocycles. The number of nitrogens with two attached hydrogens (primary N) is 1. The highest BCUT2D eigenvalue weighted by atomic mass is 35.5. The Morgan fingerprint density at radius 2 is 2.38 bits per heavy atom. The van der Waals surface area contributed by atoms with Gasteiger partial charge < -0.3 is 5.73 Å². The molecule has 4 heteroatoms. The second kappa shape index (κ2) is 2.92. The second-order valence-corrected chi connectivity index (χ2v) is 3.32. The van der Waals surface area contributed by atoms with Gasteiger partial charge in [-0.1, -0.05) is 18.5 Å². The predicted octanol–water partition coefficient (Wildman–Crippen LogP) is 2.13. The van der Waals surface area contributed by atoms with Gasteiger partial charge in [-0.25, -0.2) is 4.98 Å². The Balaban J connectivity index is 2.77. The van der Waals surface area contributed by atoms with Crippen LogP contribution in [0.15, 0.2) is 18.5 Å². The monoisotopic (exact) mass is 195 g/mol. The number of imidazole rings is 1. The molecule has 2 heterocycles. The fourth-order valence-electron chi connectivity index (χ4n) is 1.32. The standard InChI is InChI=1S/C9H10ClN3/c1-2-6-5-13-8(11)4-12-9(13)3-7(6)10/h3-5H,2,11H2,1H3. The van der Waals surface area contributed by atoms with Gasteiger partial charge in [0.05, 0.1) is 6.20 Å². The van der Waals surface area contributed by atoms with Crippen molar-refractivity contribution in [3.05, 3.63) is 29.0 Å². The van der Waals surface area contributed by atoms with E-state index in [0.29, 0.717) is 5.82 Å². The maximum Gasteiger partial charge on any atom is 0.139 e. The highest BCUT2D eigenvalue weighted by molar-refractivity contribution is 6.31. The summed E-state index contributed by atoms with van der Waals surface area (Å²) < 4.78 is 1.84. The number of aromatic nitrogens is 2. The molecule has 0 atom stereocenters. The van der Waals surface area contributed by atoms with E-state index in [-0.39, 0.29) is 0 Å². The lowest BCUT2D eigenvalue weighted by Gasteiger charge is -2.02. The Bertz CT molecular complexity index is 447. The summed E-state index contributed by atoms with van der Waals surface area (Å²) in [6.07, 6.45) is 4.46. The molecule has 0 saturated heterocycles. The van der Waals surface area contributed by atoms with Crippen molar-refractivity contribution in [2.45, 2.75) is 13.3 Å². The van der Waals surface area contributed by atoms with Gasteiger partial charge in [0.15, 0.2) is 0 Å². The van der Waals surface area contributed by atoms with E-state index in [1.54, 1.807) is 6.20 Å². The Kier molecular flexibility index (Phi) is 1.88. The number of hydrogen-bond donors (Lipinski definition) is 1. The van der Waals surface area contributed by atoms with Gasteiger partial charge in [-0.05, 0) is 12.0 Å². The highest BCUT2D eigenvalue weighted by Gasteiger charge is 2.04. The molecule has 0 aliphatic rings. The summed E-state index contributed by atoms with van der Waals surface area (Å²) in [7, 11) is 0. The molecule has 2 aromatic heterocycles. The van der Waals surface area contributed by atoms with E-state index < -0.39 is 0 Å². The van der Waals surface area contributed by atoms with E-state index in [9.17, 15) is 0 Å². The third-order valence-corrected chi connectivity index (χ3v) is 2.43. The van der Waals surface area contributed by atoms with E-state index in [2.05, 4.69) is 11.9 Å². The van der Waals surface area contributed by atoms with Gasteiger partial charge in [-0.3, -0.25) is 4.40 Å². The molecule has 0 radical (unpaired) electrons. The van der Waals surface area contributed by atoms with Gasteiger partial charge in [0, 0.05) is 17.3 Å². The largest absolute Gasteiger partial charge is 0.383 e. The van der Waals surface area contributed by atoms with Crippen LogP contribution in [0.4, 0.5) is 5.82 Å². The average Bonchev–Trinajstić information content (AvgIpc) is 2.46. The molecule has 3 nitrogen and oxygen atoms in total. The number of pyridine rings is 1. The number of nitrogens with zero attached hydrogens (tertiary/aromatic N) is 2. The van der Waals surface area contributed by atoms with Crippen LogP contribution in [0.2, 0.25) is 5.02 Å². The number of hydrogen-bond acceptors (Lipinski definition) is 2. The van der Waals surface area contributed by atoms with E-state index in [1.165, 1.54) is 0 Å². The predicted molar refractivity (Wildman–Crippen MR) is 54.0 cm³/mol. The Hall–Kier alpha value is -1.22. The molecule has 68 valence electrons. The van der Waals surface area contributed by atoms with Crippen molar-refractivity contribution < 1.29 is 0 Å². The minimum absolute atomic E-state index is 0.640. The van der Waals surface area contributed by atoms with Gasteiger partial charge in [-0.2, -0.15) is 0 Å². The van der Waals surface area contributed by atoms with Crippen molar-refractivity contribution in [2.24, 2.45) is 0 Å². The lowest BCUT2D eigenvalue weighted by molar-refractivity contribution is 1.07. The van der Waals surface area contributed by atoms with Crippen LogP contribution in [0.1, 0.15) is 12.5 Å². The normalized spacial score (nSPS) is 10.9. The van der Waals surface area contributed by atoms with Crippen molar-refractivity contribution >= 4 is 23.1 Å². The summed E-state index contributed by atoms with van der Waals surface area (Å²) in [5, 5.41) is 0.751. The lowest BCUT2D eigenvalue weighted by atomic mass is 10.2. The molecule has 0 unspecified atom stereocenters. The maximum absolute atomic E-state index is 6.02. The van der Waals surface area contributed by atoms with E-state index >= 15 is 0 Å². The molecule has 0 fully saturated rings. The summed E-state index contributed by atoms with van der Waals surface area (Å²) in [5.41, 5.74) is 7.58. The zero-order valence-corrected chi connectivity index (χ0v) is 8.04. The summed E-state index contributed by atoms with van der Waals surface area (Å²) in [6.45, 7) is 2.06. The average molecular weight is 196 g/mol. The van der Waals surface area contributed by atoms with Crippen molar-refractivity contribution in [2.75, 3.05) is 5.73 Å². The van der Waals surface area contributed by atoms with Crippen LogP contribution in [-0.4, -0.2) is 9.38 Å². The van der Waals surface area contributed by atoms with Crippen LogP contribution >= 0.6 is 11.6 Å². The van der Waals surface area contributed by atoms with Gasteiger partial charge in [0.2, 0.25) is 0 Å². The molecule has 0 amide bonds. The van der Waals surface area contributed by atoms with Crippen LogP contribution in [-0.2, 0) is 6.42 Å². The first kappa shape index (κ1) is 8.38. The van der Waals surface area contributed by atoms with E-state index in [1.807, 2.05) is 16.7 Å². The molecular formula is C9H10ClN3. The third kappa shape index (κ3) is 1.25. The number of nitrogen functional groups attached to an aromatic ring is 1. The lowest BCUT2D eigenvalue weighted by Crippen LogP contribution is -1.95. The third-order valence-electron chi connectivity index (χ3n) is 2.08. The van der Waals surface area contributed by atoms with Gasteiger partial charge >= 0.3 is 0 Å². The SMILES string of the molecule is CCc1cn2c(N)cnc2cc1Cl. The quantitative estimate of drug-likeness (QED) is 0.758. The maximum atomic E-state index is 6.02. The molecule has 0 aromatic carbocycles. The van der Waals surface area contributed by atoms with E-state index in [4.69, 9.17) is 17.3 Å². The minimum Gasteiger partial charge on any atom is -0.383 e. The van der Waals surface area contributed by atoms with Crippen LogP contribution in [0, 0.1) is 0 Å². The first-order valence-electron chi connectivity index (χ1n) is 4.13. The zero-order chi connectivity index (χ0) is 9.42. The zero-order valence-electron chi connectivity index (χ0n) is 7.29. The molecule has 2 aromatic rings. The Morgan fingerprint density at radius 3 is 3.08 bits per heavy atom. The molecule has 2 N–H and O–H groups in total. The number of fused-ring (bicyclic) bond motifs is 1. The second-order valence-electron chi connectivity index (χ2n) is 2.91. The molecule has 0 aliphatic carbocycles. The number of rotatable bonds is 1. The van der Waals surface area contributed by atoms with Gasteiger partial charge in [0.1, 0.15) is 11.5 Å². The first-order valence-corrected chi connectivity index (χ1v) is 4.51. The van der Waals surface area contributed by atoms with E-state index in [0.717, 1.165) is 22.7 Å². The van der Waals surface area contributed by atoms with Crippen molar-refractivity contribution in [1.29, 1.82) is 0 Å². The topological polar surface area (TPSA) is 43.3 Å². The summed E-state index contributed by atoms with van der Waals surface area (Å²) >= 11 is 6.02. The van der Waals surface area contributed by atoms with Crippen molar-refractivity contribution in [3.8, 4) is 0 Å². The molecular weight excluding hydrogens is 186 g/mol. The number of halogens is 1.